The lowest BCUT2D eigenvalue weighted by molar-refractivity contribution is -0.432. The van der Waals surface area contributed by atoms with Crippen molar-refractivity contribution < 1.29 is 74.5 Å². The fourth-order valence-corrected chi connectivity index (χ4v) is 10.5. The lowest BCUT2D eigenvalue weighted by Gasteiger charge is -2.45. The normalized spacial score (nSPS) is 24.5. The molecule has 3 amide bonds. The number of Topliss-reactive ketones (excluding diaryl/α,β-unsaturated/α-hetero) is 1. The average Bonchev–Trinajstić information content (AvgIpc) is 3.67. The molecule has 2 saturated heterocycles. The van der Waals surface area contributed by atoms with Crippen LogP contribution in [0.2, 0.25) is 0 Å². The number of ketones is 1. The molecule has 0 saturated carbocycles. The first kappa shape index (κ1) is 44.0. The molecule has 2 unspecified atom stereocenters. The van der Waals surface area contributed by atoms with E-state index in [0.29, 0.717) is 63.0 Å². The average molecular weight is 902 g/mol. The summed E-state index contributed by atoms with van der Waals surface area (Å²) in [5.41, 5.74) is -0.300. The molecule has 3 N–H and O–H groups in total. The van der Waals surface area contributed by atoms with Crippen molar-refractivity contribution in [2.24, 2.45) is 0 Å². The Bertz CT molecular complexity index is 2680. The number of nitrogens with one attached hydrogen (secondary N) is 1. The van der Waals surface area contributed by atoms with E-state index in [2.05, 4.69) is 9.37 Å². The van der Waals surface area contributed by atoms with E-state index in [0.717, 1.165) is 6.26 Å². The molecule has 1 aliphatic carbocycles. The molecule has 324 valence electrons. The van der Waals surface area contributed by atoms with Gasteiger partial charge in [-0.2, -0.15) is 13.0 Å². The van der Waals surface area contributed by atoms with Gasteiger partial charge in [0, 0.05) is 70.7 Å². The Kier molecular flexibility index (Phi) is 11.1. The molecule has 2 aromatic carbocycles. The molecule has 7 rings (SSSR count). The summed E-state index contributed by atoms with van der Waals surface area (Å²) in [6.45, 7) is 6.63. The van der Waals surface area contributed by atoms with Gasteiger partial charge in [-0.25, -0.2) is 27.7 Å². The van der Waals surface area contributed by atoms with Crippen molar-refractivity contribution >= 4 is 78.7 Å². The Morgan fingerprint density at radius 3 is 2.31 bits per heavy atom. The van der Waals surface area contributed by atoms with Gasteiger partial charge >= 0.3 is 5.97 Å². The Morgan fingerprint density at radius 1 is 1.00 bits per heavy atom. The smallest absolute Gasteiger partial charge is 0.391 e. The van der Waals surface area contributed by atoms with Crippen molar-refractivity contribution in [2.75, 3.05) is 19.3 Å². The maximum absolute atomic E-state index is 14.3. The van der Waals surface area contributed by atoms with Crippen LogP contribution in [-0.4, -0.2) is 96.9 Å². The van der Waals surface area contributed by atoms with Crippen molar-refractivity contribution in [1.29, 1.82) is 0 Å². The zero-order valence-electron chi connectivity index (χ0n) is 33.4. The molecule has 22 heteroatoms. The molecular formula is C39H41N4O15S3+. The van der Waals surface area contributed by atoms with Crippen LogP contribution in [0.4, 0.5) is 11.4 Å². The number of allylic oxidation sites excluding steroid dienone is 5. The van der Waals surface area contributed by atoms with Crippen molar-refractivity contribution in [1.82, 2.24) is 14.3 Å². The number of carbonyl (C=O) groups is 5. The van der Waals surface area contributed by atoms with Crippen LogP contribution in [0.1, 0.15) is 70.9 Å². The van der Waals surface area contributed by atoms with Gasteiger partial charge in [-0.1, -0.05) is 10.8 Å². The molecule has 19 nitrogen and oxygen atoms in total. The second-order valence-corrected chi connectivity index (χ2v) is 20.3. The minimum Gasteiger partial charge on any atom is -0.871 e. The fraction of sp³-hybridized carbons (Fsp3) is 0.385. The number of hydroxylamine groups is 2. The first-order chi connectivity index (χ1) is 28.4. The van der Waals surface area contributed by atoms with Gasteiger partial charge in [0.1, 0.15) is 11.4 Å². The lowest BCUT2D eigenvalue weighted by atomic mass is 9.77. The van der Waals surface area contributed by atoms with Crippen LogP contribution in [0.3, 0.4) is 0 Å². The summed E-state index contributed by atoms with van der Waals surface area (Å²) in [6.07, 6.45) is 4.48. The second-order valence-electron chi connectivity index (χ2n) is 16.3. The van der Waals surface area contributed by atoms with Crippen LogP contribution < -0.4 is 14.3 Å². The third kappa shape index (κ3) is 7.53. The predicted molar refractivity (Wildman–Crippen MR) is 212 cm³/mol. The predicted octanol–water partition coefficient (Wildman–Crippen LogP) is 2.28. The number of amides is 3. The van der Waals surface area contributed by atoms with E-state index in [-0.39, 0.29) is 47.1 Å². The summed E-state index contributed by atoms with van der Waals surface area (Å²) in [5, 5.41) is 27.1. The number of carbonyl (C=O) groups excluding carboxylic acids is 5. The van der Waals surface area contributed by atoms with Crippen LogP contribution >= 0.6 is 12.0 Å². The molecule has 1 spiro atoms. The third-order valence-electron chi connectivity index (χ3n) is 11.8. The SMILES string of the molecule is CC1(C)C(C=C2C(=O)C(C=C3C(C)(C)c4cc(S(=O)(=O)O)ccc4[N+]34CCCCC4C(=O)ON3C(=O)CCC3=O)=C2[O-])=[N+](CC(=O)NS(C)(=O)=O)c2ccc(SOOO)cc21. The van der Waals surface area contributed by atoms with E-state index in [1.54, 1.807) is 45.9 Å². The molecule has 4 heterocycles. The maximum atomic E-state index is 14.3. The number of imide groups is 1. The van der Waals surface area contributed by atoms with E-state index in [1.807, 2.05) is 4.72 Å². The molecule has 5 aliphatic rings. The number of hydrogen-bond acceptors (Lipinski definition) is 15. The third-order valence-corrected chi connectivity index (χ3v) is 13.9. The largest absolute Gasteiger partial charge is 0.871 e. The highest BCUT2D eigenvalue weighted by atomic mass is 32.2. The van der Waals surface area contributed by atoms with Gasteiger partial charge in [-0.05, 0) is 64.8 Å². The van der Waals surface area contributed by atoms with Crippen molar-refractivity contribution in [2.45, 2.75) is 86.5 Å². The maximum Gasteiger partial charge on any atom is 0.391 e. The van der Waals surface area contributed by atoms with Crippen molar-refractivity contribution in [3.8, 4) is 0 Å². The van der Waals surface area contributed by atoms with Gasteiger partial charge in [-0.15, -0.1) is 9.40 Å². The van der Waals surface area contributed by atoms with E-state index in [4.69, 9.17) is 10.1 Å². The topological polar surface area (TPSA) is 263 Å². The number of sulfonamides is 1. The summed E-state index contributed by atoms with van der Waals surface area (Å²) in [5.74, 6) is -4.61. The standard InChI is InChI=1S/C39H40N4O15S3/c1-38(2)25-16-21(59-58-57-50)9-11-27(25)41(20-32(44)40-60(5,51)52)30(38)18-23-35(47)24(36(23)48)19-31-39(3,4)26-17-22(61(53,54)55)10-12-28(26)43(31)15-7-6-8-29(43)37(49)56-42-33(45)13-14-34(42)46/h9-12,16-19,29H,6-8,13-15,20H2,1-5H3,(H2-2,40,44,47,48,50,53,54,55)/p+1. The number of piperidine rings is 1. The number of quaternary nitrogens is 1. The Morgan fingerprint density at radius 2 is 1.69 bits per heavy atom. The summed E-state index contributed by atoms with van der Waals surface area (Å²) in [4.78, 5) is 71.9. The fourth-order valence-electron chi connectivity index (χ4n) is 9.09. The van der Waals surface area contributed by atoms with Gasteiger partial charge in [-0.3, -0.25) is 23.7 Å². The number of nitrogens with zero attached hydrogens (tertiary/aromatic N) is 3. The highest BCUT2D eigenvalue weighted by molar-refractivity contribution is 7.94. The number of rotatable bonds is 11. The monoisotopic (exact) mass is 901 g/mol. The van der Waals surface area contributed by atoms with Crippen LogP contribution in [-0.2, 0) is 69.2 Å². The van der Waals surface area contributed by atoms with Gasteiger partial charge in [0.2, 0.25) is 22.3 Å². The lowest BCUT2D eigenvalue weighted by Crippen LogP contribution is -2.62. The molecule has 61 heavy (non-hydrogen) atoms. The summed E-state index contributed by atoms with van der Waals surface area (Å²) in [6, 6.07) is 7.64. The molecule has 2 atom stereocenters. The summed E-state index contributed by atoms with van der Waals surface area (Å²) in [7, 11) is -8.67. The Hall–Kier alpha value is -5.07. The van der Waals surface area contributed by atoms with E-state index < -0.39 is 83.7 Å². The Labute approximate surface area is 354 Å². The van der Waals surface area contributed by atoms with Crippen LogP contribution in [0.5, 0.6) is 0 Å². The highest BCUT2D eigenvalue weighted by Gasteiger charge is 2.62. The van der Waals surface area contributed by atoms with Gasteiger partial charge in [0.15, 0.2) is 17.5 Å². The zero-order chi connectivity index (χ0) is 44.6. The van der Waals surface area contributed by atoms with Crippen molar-refractivity contribution in [3.63, 3.8) is 0 Å². The van der Waals surface area contributed by atoms with E-state index >= 15 is 0 Å². The molecule has 4 aliphatic heterocycles. The molecular weight excluding hydrogens is 861 g/mol. The molecule has 2 aromatic rings. The summed E-state index contributed by atoms with van der Waals surface area (Å²) >= 11 is 0.676. The van der Waals surface area contributed by atoms with Gasteiger partial charge < -0.3 is 9.94 Å². The minimum absolute atomic E-state index is 0.141. The van der Waals surface area contributed by atoms with Crippen molar-refractivity contribution in [3.05, 3.63) is 82.3 Å². The molecule has 0 radical (unpaired) electrons. The van der Waals surface area contributed by atoms with Gasteiger partial charge in [0.25, 0.3) is 27.8 Å². The van der Waals surface area contributed by atoms with Crippen LogP contribution in [0, 0.1) is 0 Å². The highest BCUT2D eigenvalue weighted by Crippen LogP contribution is 2.57. The quantitative estimate of drug-likeness (QED) is 0.0427. The first-order valence-corrected chi connectivity index (χ1v) is 22.9. The van der Waals surface area contributed by atoms with E-state index in [9.17, 15) is 50.5 Å². The molecule has 0 aromatic heterocycles. The van der Waals surface area contributed by atoms with E-state index in [1.165, 1.54) is 34.9 Å². The number of benzene rings is 2. The Balaban J connectivity index is 1.37. The molecule has 0 bridgehead atoms. The first-order valence-electron chi connectivity index (χ1n) is 18.9. The number of fused-ring (bicyclic) bond motifs is 3. The van der Waals surface area contributed by atoms with Gasteiger partial charge in [0.05, 0.1) is 40.6 Å². The summed E-state index contributed by atoms with van der Waals surface area (Å²) < 4.78 is 66.3. The van der Waals surface area contributed by atoms with Crippen LogP contribution in [0.15, 0.2) is 80.9 Å². The second kappa shape index (κ2) is 15.4. The number of hydrogen-bond donors (Lipinski definition) is 3. The van der Waals surface area contributed by atoms with Crippen LogP contribution in [0.25, 0.3) is 0 Å². The molecule has 2 fully saturated rings. The zero-order valence-corrected chi connectivity index (χ0v) is 35.9. The minimum atomic E-state index is -4.71.